The van der Waals surface area contributed by atoms with E-state index in [9.17, 15) is 4.79 Å². The molecule has 30 heavy (non-hydrogen) atoms. The molecule has 0 radical (unpaired) electrons. The van der Waals surface area contributed by atoms with E-state index < -0.39 is 0 Å². The Hall–Kier alpha value is -3.46. The molecule has 0 aliphatic heterocycles. The summed E-state index contributed by atoms with van der Waals surface area (Å²) in [6, 6.07) is 26.1. The third-order valence-electron chi connectivity index (χ3n) is 5.68. The maximum absolute atomic E-state index is 13.4. The highest BCUT2D eigenvalue weighted by molar-refractivity contribution is 6.07. The van der Waals surface area contributed by atoms with Gasteiger partial charge in [-0.2, -0.15) is 0 Å². The van der Waals surface area contributed by atoms with Crippen molar-refractivity contribution in [3.8, 4) is 11.3 Å². The Balaban J connectivity index is 1.77. The Morgan fingerprint density at radius 3 is 2.37 bits per heavy atom. The first-order valence-electron chi connectivity index (χ1n) is 10.4. The zero-order valence-corrected chi connectivity index (χ0v) is 17.6. The van der Waals surface area contributed by atoms with Gasteiger partial charge in [-0.05, 0) is 55.2 Å². The van der Waals surface area contributed by atoms with Crippen LogP contribution in [0.25, 0.3) is 22.2 Å². The Morgan fingerprint density at radius 2 is 1.63 bits per heavy atom. The molecule has 1 heterocycles. The molecular weight excluding hydrogens is 368 g/mol. The van der Waals surface area contributed by atoms with Gasteiger partial charge in [-0.1, -0.05) is 67.6 Å². The van der Waals surface area contributed by atoms with Crippen LogP contribution in [0.3, 0.4) is 0 Å². The van der Waals surface area contributed by atoms with E-state index in [0.717, 1.165) is 34.1 Å². The van der Waals surface area contributed by atoms with Crippen molar-refractivity contribution in [2.24, 2.45) is 0 Å². The van der Waals surface area contributed by atoms with Crippen molar-refractivity contribution in [1.29, 1.82) is 0 Å². The van der Waals surface area contributed by atoms with Gasteiger partial charge in [0.25, 0.3) is 5.91 Å². The number of nitrogens with zero attached hydrogens (tertiary/aromatic N) is 1. The predicted octanol–water partition coefficient (Wildman–Crippen LogP) is 6.40. The molecule has 0 aliphatic carbocycles. The molecule has 1 N–H and O–H groups in total. The minimum atomic E-state index is -0.0746. The van der Waals surface area contributed by atoms with Gasteiger partial charge in [-0.3, -0.25) is 4.79 Å². The summed E-state index contributed by atoms with van der Waals surface area (Å²) in [4.78, 5) is 18.2. The lowest BCUT2D eigenvalue weighted by Crippen LogP contribution is -2.28. The van der Waals surface area contributed by atoms with Crippen molar-refractivity contribution < 1.29 is 4.79 Å². The number of nitrogens with one attached hydrogen (secondary N) is 1. The summed E-state index contributed by atoms with van der Waals surface area (Å²) in [6.45, 7) is 6.28. The molecule has 4 aromatic rings. The van der Waals surface area contributed by atoms with Gasteiger partial charge in [-0.25, -0.2) is 4.98 Å². The fourth-order valence-corrected chi connectivity index (χ4v) is 3.75. The van der Waals surface area contributed by atoms with E-state index in [0.29, 0.717) is 5.56 Å². The number of rotatable bonds is 5. The van der Waals surface area contributed by atoms with Crippen molar-refractivity contribution in [2.45, 2.75) is 33.2 Å². The van der Waals surface area contributed by atoms with Gasteiger partial charge in [0.05, 0.1) is 22.8 Å². The van der Waals surface area contributed by atoms with Gasteiger partial charge in [0.15, 0.2) is 0 Å². The molecule has 3 heteroatoms. The van der Waals surface area contributed by atoms with Crippen LogP contribution in [0.1, 0.15) is 46.4 Å². The van der Waals surface area contributed by atoms with Crippen LogP contribution in [0.4, 0.5) is 0 Å². The molecule has 0 spiro atoms. The standard InChI is InChI=1S/C27H26N2O/c1-4-24(20-10-6-5-7-11-20)29-27(30)23-17-26(21-15-14-18(2)19(3)16-21)28-25-13-9-8-12-22(23)25/h5-17,24H,4H2,1-3H3,(H,29,30)/t24-/m0/s1. The molecule has 1 atom stereocenters. The van der Waals surface area contributed by atoms with E-state index in [2.05, 4.69) is 56.4 Å². The van der Waals surface area contributed by atoms with E-state index in [-0.39, 0.29) is 11.9 Å². The molecule has 0 saturated heterocycles. The second-order valence-corrected chi connectivity index (χ2v) is 7.72. The van der Waals surface area contributed by atoms with Gasteiger partial charge >= 0.3 is 0 Å². The summed E-state index contributed by atoms with van der Waals surface area (Å²) < 4.78 is 0. The summed E-state index contributed by atoms with van der Waals surface area (Å²) in [5, 5.41) is 4.09. The van der Waals surface area contributed by atoms with E-state index in [1.165, 1.54) is 11.1 Å². The smallest absolute Gasteiger partial charge is 0.252 e. The average molecular weight is 395 g/mol. The molecule has 0 bridgehead atoms. The fraction of sp³-hybridized carbons (Fsp3) is 0.185. The van der Waals surface area contributed by atoms with Crippen LogP contribution in [-0.2, 0) is 0 Å². The Kier molecular flexibility index (Phi) is 5.62. The Bertz CT molecular complexity index is 1200. The van der Waals surface area contributed by atoms with Crippen LogP contribution < -0.4 is 5.32 Å². The van der Waals surface area contributed by atoms with Crippen LogP contribution in [-0.4, -0.2) is 10.9 Å². The molecule has 1 aromatic heterocycles. The van der Waals surface area contributed by atoms with Crippen LogP contribution in [0, 0.1) is 13.8 Å². The third-order valence-corrected chi connectivity index (χ3v) is 5.68. The number of aryl methyl sites for hydroxylation is 2. The highest BCUT2D eigenvalue weighted by Crippen LogP contribution is 2.27. The van der Waals surface area contributed by atoms with E-state index in [1.54, 1.807) is 0 Å². The van der Waals surface area contributed by atoms with Crippen LogP contribution in [0.15, 0.2) is 78.9 Å². The molecular formula is C27H26N2O. The average Bonchev–Trinajstić information content (AvgIpc) is 2.79. The van der Waals surface area contributed by atoms with E-state index in [1.807, 2.05) is 48.5 Å². The minimum absolute atomic E-state index is 0.0318. The molecule has 0 saturated carbocycles. The second kappa shape index (κ2) is 8.50. The van der Waals surface area contributed by atoms with E-state index in [4.69, 9.17) is 4.98 Å². The zero-order valence-electron chi connectivity index (χ0n) is 17.6. The van der Waals surface area contributed by atoms with Gasteiger partial charge in [-0.15, -0.1) is 0 Å². The summed E-state index contributed by atoms with van der Waals surface area (Å²) in [6.07, 6.45) is 0.822. The molecule has 4 rings (SSSR count). The number of para-hydroxylation sites is 1. The number of fused-ring (bicyclic) bond motifs is 1. The minimum Gasteiger partial charge on any atom is -0.345 e. The second-order valence-electron chi connectivity index (χ2n) is 7.72. The normalized spacial score (nSPS) is 12.0. The van der Waals surface area contributed by atoms with Crippen molar-refractivity contribution in [2.75, 3.05) is 0 Å². The maximum atomic E-state index is 13.4. The zero-order chi connectivity index (χ0) is 21.1. The highest BCUT2D eigenvalue weighted by Gasteiger charge is 2.18. The molecule has 0 aliphatic rings. The Morgan fingerprint density at radius 1 is 0.900 bits per heavy atom. The highest BCUT2D eigenvalue weighted by atomic mass is 16.1. The number of aromatic nitrogens is 1. The Labute approximate surface area is 177 Å². The third kappa shape index (κ3) is 3.97. The summed E-state index contributed by atoms with van der Waals surface area (Å²) in [5.41, 5.74) is 6.88. The predicted molar refractivity (Wildman–Crippen MR) is 124 cm³/mol. The fourth-order valence-electron chi connectivity index (χ4n) is 3.75. The number of amides is 1. The van der Waals surface area contributed by atoms with Gasteiger partial charge in [0, 0.05) is 10.9 Å². The van der Waals surface area contributed by atoms with Crippen molar-refractivity contribution >= 4 is 16.8 Å². The molecule has 3 nitrogen and oxygen atoms in total. The molecule has 1 amide bonds. The van der Waals surface area contributed by atoms with Crippen LogP contribution >= 0.6 is 0 Å². The molecule has 150 valence electrons. The number of benzene rings is 3. The van der Waals surface area contributed by atoms with Crippen molar-refractivity contribution in [1.82, 2.24) is 10.3 Å². The van der Waals surface area contributed by atoms with Gasteiger partial charge in [0.2, 0.25) is 0 Å². The summed E-state index contributed by atoms with van der Waals surface area (Å²) >= 11 is 0. The van der Waals surface area contributed by atoms with Crippen LogP contribution in [0.2, 0.25) is 0 Å². The van der Waals surface area contributed by atoms with Crippen LogP contribution in [0.5, 0.6) is 0 Å². The first-order chi connectivity index (χ1) is 14.6. The quantitative estimate of drug-likeness (QED) is 0.425. The first kappa shape index (κ1) is 19.8. The summed E-state index contributed by atoms with van der Waals surface area (Å²) in [7, 11) is 0. The summed E-state index contributed by atoms with van der Waals surface area (Å²) in [5.74, 6) is -0.0746. The number of carbonyl (C=O) groups is 1. The lowest BCUT2D eigenvalue weighted by Gasteiger charge is -2.18. The monoisotopic (exact) mass is 394 g/mol. The molecule has 3 aromatic carbocycles. The topological polar surface area (TPSA) is 42.0 Å². The molecule has 0 unspecified atom stereocenters. The first-order valence-corrected chi connectivity index (χ1v) is 10.4. The number of carbonyl (C=O) groups excluding carboxylic acids is 1. The number of hydrogen-bond donors (Lipinski definition) is 1. The van der Waals surface area contributed by atoms with E-state index >= 15 is 0 Å². The largest absolute Gasteiger partial charge is 0.345 e. The van der Waals surface area contributed by atoms with Gasteiger partial charge in [0.1, 0.15) is 0 Å². The lowest BCUT2D eigenvalue weighted by molar-refractivity contribution is 0.0937. The van der Waals surface area contributed by atoms with Crippen molar-refractivity contribution in [3.63, 3.8) is 0 Å². The lowest BCUT2D eigenvalue weighted by atomic mass is 9.99. The maximum Gasteiger partial charge on any atom is 0.252 e. The number of hydrogen-bond acceptors (Lipinski definition) is 2. The van der Waals surface area contributed by atoms with Gasteiger partial charge < -0.3 is 5.32 Å². The molecule has 0 fully saturated rings. The van der Waals surface area contributed by atoms with Crippen molar-refractivity contribution in [3.05, 3.63) is 101 Å². The number of pyridine rings is 1. The SMILES string of the molecule is CC[C@H](NC(=O)c1cc(-c2ccc(C)c(C)c2)nc2ccccc12)c1ccccc1.